The SMILES string of the molecule is CCN(c1ccc(NC(=O)Cn2cnc3ccccc3c2=O)cc1)C(C)C. The van der Waals surface area contributed by atoms with Gasteiger partial charge in [0.15, 0.2) is 0 Å². The molecule has 3 aromatic rings. The predicted molar refractivity (Wildman–Crippen MR) is 109 cm³/mol. The van der Waals surface area contributed by atoms with Crippen molar-refractivity contribution in [1.82, 2.24) is 9.55 Å². The molecule has 27 heavy (non-hydrogen) atoms. The molecule has 1 aromatic heterocycles. The first kappa shape index (κ1) is 18.6. The van der Waals surface area contributed by atoms with Crippen molar-refractivity contribution < 1.29 is 4.79 Å². The zero-order valence-corrected chi connectivity index (χ0v) is 15.8. The Morgan fingerprint density at radius 2 is 1.85 bits per heavy atom. The molecule has 0 aliphatic heterocycles. The van der Waals surface area contributed by atoms with Gasteiger partial charge in [-0.2, -0.15) is 0 Å². The molecule has 1 heterocycles. The normalized spacial score (nSPS) is 11.0. The molecule has 0 atom stereocenters. The van der Waals surface area contributed by atoms with Gasteiger partial charge in [0.1, 0.15) is 6.54 Å². The lowest BCUT2D eigenvalue weighted by atomic mass is 10.2. The minimum Gasteiger partial charge on any atom is -0.369 e. The van der Waals surface area contributed by atoms with Gasteiger partial charge in [0.2, 0.25) is 5.91 Å². The molecule has 0 unspecified atom stereocenters. The number of aromatic nitrogens is 2. The Hall–Kier alpha value is -3.15. The number of carbonyl (C=O) groups excluding carboxylic acids is 1. The van der Waals surface area contributed by atoms with E-state index in [4.69, 9.17) is 0 Å². The second-order valence-corrected chi connectivity index (χ2v) is 6.67. The highest BCUT2D eigenvalue weighted by Crippen LogP contribution is 2.19. The average Bonchev–Trinajstić information content (AvgIpc) is 2.66. The fourth-order valence-electron chi connectivity index (χ4n) is 3.16. The zero-order valence-electron chi connectivity index (χ0n) is 15.8. The molecule has 0 radical (unpaired) electrons. The summed E-state index contributed by atoms with van der Waals surface area (Å²) in [7, 11) is 0. The first-order valence-electron chi connectivity index (χ1n) is 9.10. The maximum absolute atomic E-state index is 12.5. The minimum absolute atomic E-state index is 0.0779. The molecule has 0 saturated carbocycles. The van der Waals surface area contributed by atoms with Crippen LogP contribution in [-0.4, -0.2) is 28.0 Å². The van der Waals surface area contributed by atoms with E-state index in [9.17, 15) is 9.59 Å². The lowest BCUT2D eigenvalue weighted by Crippen LogP contribution is -2.30. The molecular formula is C21H24N4O2. The lowest BCUT2D eigenvalue weighted by Gasteiger charge is -2.27. The number of para-hydroxylation sites is 1. The van der Waals surface area contributed by atoms with Crippen LogP contribution in [0.3, 0.4) is 0 Å². The van der Waals surface area contributed by atoms with Crippen LogP contribution in [0.5, 0.6) is 0 Å². The van der Waals surface area contributed by atoms with E-state index in [1.807, 2.05) is 30.3 Å². The van der Waals surface area contributed by atoms with Gasteiger partial charge in [-0.05, 0) is 57.2 Å². The third kappa shape index (κ3) is 4.16. The molecule has 0 spiro atoms. The van der Waals surface area contributed by atoms with Crippen LogP contribution in [0.1, 0.15) is 20.8 Å². The predicted octanol–water partition coefficient (Wildman–Crippen LogP) is 3.27. The van der Waals surface area contributed by atoms with E-state index in [1.54, 1.807) is 18.2 Å². The second kappa shape index (κ2) is 8.03. The molecule has 2 aromatic carbocycles. The smallest absolute Gasteiger partial charge is 0.261 e. The van der Waals surface area contributed by atoms with Crippen molar-refractivity contribution in [3.05, 3.63) is 65.2 Å². The van der Waals surface area contributed by atoms with E-state index in [-0.39, 0.29) is 18.0 Å². The first-order valence-corrected chi connectivity index (χ1v) is 9.10. The standard InChI is InChI=1S/C21H24N4O2/c1-4-25(15(2)3)17-11-9-16(10-12-17)23-20(26)13-24-14-22-19-8-6-5-7-18(19)21(24)27/h5-12,14-15H,4,13H2,1-3H3,(H,23,26). The number of hydrogen-bond donors (Lipinski definition) is 1. The number of anilines is 2. The van der Waals surface area contributed by atoms with Gasteiger partial charge in [-0.15, -0.1) is 0 Å². The summed E-state index contributed by atoms with van der Waals surface area (Å²) in [5.41, 5.74) is 2.22. The third-order valence-corrected chi connectivity index (χ3v) is 4.49. The maximum atomic E-state index is 12.5. The summed E-state index contributed by atoms with van der Waals surface area (Å²) in [4.78, 5) is 31.3. The van der Waals surface area contributed by atoms with Crippen molar-refractivity contribution in [3.63, 3.8) is 0 Å². The monoisotopic (exact) mass is 364 g/mol. The van der Waals surface area contributed by atoms with Crippen LogP contribution in [-0.2, 0) is 11.3 Å². The van der Waals surface area contributed by atoms with E-state index in [0.29, 0.717) is 22.6 Å². The van der Waals surface area contributed by atoms with Gasteiger partial charge in [0, 0.05) is 24.0 Å². The maximum Gasteiger partial charge on any atom is 0.261 e. The summed E-state index contributed by atoms with van der Waals surface area (Å²) in [6.45, 7) is 7.25. The fourth-order valence-corrected chi connectivity index (χ4v) is 3.16. The topological polar surface area (TPSA) is 67.2 Å². The van der Waals surface area contributed by atoms with Crippen molar-refractivity contribution in [3.8, 4) is 0 Å². The first-order chi connectivity index (χ1) is 13.0. The number of fused-ring (bicyclic) bond motifs is 1. The number of benzene rings is 2. The molecule has 0 bridgehead atoms. The van der Waals surface area contributed by atoms with Crippen LogP contribution in [0.2, 0.25) is 0 Å². The van der Waals surface area contributed by atoms with Crippen LogP contribution in [0.25, 0.3) is 10.9 Å². The quantitative estimate of drug-likeness (QED) is 0.729. The van der Waals surface area contributed by atoms with Gasteiger partial charge in [0.05, 0.1) is 17.2 Å². The number of hydrogen-bond acceptors (Lipinski definition) is 4. The molecule has 0 fully saturated rings. The zero-order chi connectivity index (χ0) is 19.4. The minimum atomic E-state index is -0.266. The third-order valence-electron chi connectivity index (χ3n) is 4.49. The highest BCUT2D eigenvalue weighted by Gasteiger charge is 2.10. The highest BCUT2D eigenvalue weighted by atomic mass is 16.2. The summed E-state index contributed by atoms with van der Waals surface area (Å²) in [6.07, 6.45) is 1.41. The molecule has 6 nitrogen and oxygen atoms in total. The largest absolute Gasteiger partial charge is 0.369 e. The molecular weight excluding hydrogens is 340 g/mol. The van der Waals surface area contributed by atoms with Crippen molar-refractivity contribution in [2.75, 3.05) is 16.8 Å². The van der Waals surface area contributed by atoms with Crippen LogP contribution >= 0.6 is 0 Å². The van der Waals surface area contributed by atoms with Crippen molar-refractivity contribution >= 4 is 28.2 Å². The van der Waals surface area contributed by atoms with Gasteiger partial charge in [-0.1, -0.05) is 12.1 Å². The number of amides is 1. The molecule has 0 saturated heterocycles. The van der Waals surface area contributed by atoms with Crippen molar-refractivity contribution in [2.45, 2.75) is 33.4 Å². The Labute approximate surface area is 158 Å². The van der Waals surface area contributed by atoms with Gasteiger partial charge >= 0.3 is 0 Å². The fraction of sp³-hybridized carbons (Fsp3) is 0.286. The molecule has 0 aliphatic rings. The summed E-state index contributed by atoms with van der Waals surface area (Å²) in [5.74, 6) is -0.266. The van der Waals surface area contributed by atoms with Crippen molar-refractivity contribution in [2.24, 2.45) is 0 Å². The van der Waals surface area contributed by atoms with Gasteiger partial charge in [-0.25, -0.2) is 4.98 Å². The van der Waals surface area contributed by atoms with E-state index >= 15 is 0 Å². The second-order valence-electron chi connectivity index (χ2n) is 6.67. The number of rotatable bonds is 6. The summed E-state index contributed by atoms with van der Waals surface area (Å²) in [6, 6.07) is 15.2. The van der Waals surface area contributed by atoms with Crippen LogP contribution in [0, 0.1) is 0 Å². The lowest BCUT2D eigenvalue weighted by molar-refractivity contribution is -0.116. The molecule has 1 N–H and O–H groups in total. The number of carbonyl (C=O) groups is 1. The average molecular weight is 364 g/mol. The Morgan fingerprint density at radius 1 is 1.15 bits per heavy atom. The van der Waals surface area contributed by atoms with Crippen molar-refractivity contribution in [1.29, 1.82) is 0 Å². The van der Waals surface area contributed by atoms with Gasteiger partial charge in [0.25, 0.3) is 5.56 Å². The molecule has 6 heteroatoms. The van der Waals surface area contributed by atoms with E-state index in [2.05, 4.69) is 36.0 Å². The van der Waals surface area contributed by atoms with E-state index in [1.165, 1.54) is 10.9 Å². The Kier molecular flexibility index (Phi) is 5.54. The number of nitrogens with zero attached hydrogens (tertiary/aromatic N) is 3. The highest BCUT2D eigenvalue weighted by molar-refractivity contribution is 5.91. The van der Waals surface area contributed by atoms with Gasteiger partial charge in [-0.3, -0.25) is 14.2 Å². The molecule has 3 rings (SSSR count). The summed E-state index contributed by atoms with van der Waals surface area (Å²) in [5, 5.41) is 3.34. The van der Waals surface area contributed by atoms with E-state index < -0.39 is 0 Å². The Balaban J connectivity index is 1.71. The summed E-state index contributed by atoms with van der Waals surface area (Å²) < 4.78 is 1.32. The van der Waals surface area contributed by atoms with Gasteiger partial charge < -0.3 is 10.2 Å². The molecule has 140 valence electrons. The van der Waals surface area contributed by atoms with Crippen LogP contribution < -0.4 is 15.8 Å². The van der Waals surface area contributed by atoms with Crippen LogP contribution in [0.15, 0.2) is 59.7 Å². The Morgan fingerprint density at radius 3 is 2.52 bits per heavy atom. The molecule has 0 aliphatic carbocycles. The summed E-state index contributed by atoms with van der Waals surface area (Å²) >= 11 is 0. The Bertz CT molecular complexity index is 993. The van der Waals surface area contributed by atoms with Crippen LogP contribution in [0.4, 0.5) is 11.4 Å². The number of nitrogens with one attached hydrogen (secondary N) is 1. The van der Waals surface area contributed by atoms with E-state index in [0.717, 1.165) is 12.2 Å². The molecule has 1 amide bonds.